The second-order valence-electron chi connectivity index (χ2n) is 9.63. The number of benzene rings is 2. The number of nitrogens with zero attached hydrogens (tertiary/aromatic N) is 3. The first-order valence-corrected chi connectivity index (χ1v) is 13.6. The molecule has 0 bridgehead atoms. The van der Waals surface area contributed by atoms with Crippen molar-refractivity contribution in [1.82, 2.24) is 14.8 Å². The van der Waals surface area contributed by atoms with Crippen molar-refractivity contribution in [2.75, 3.05) is 6.61 Å². The first-order chi connectivity index (χ1) is 20.0. The van der Waals surface area contributed by atoms with Gasteiger partial charge in [-0.2, -0.15) is 13.2 Å². The SMILES string of the molecule is CC(C)Oc1ccc(CCCOc2nn(-c3ccccc3)cc2CCC(=O)O)c(Oc2ncc(C(F)(F)F)cc2Cl)c1. The Morgan fingerprint density at radius 1 is 1.05 bits per heavy atom. The van der Waals surface area contributed by atoms with Gasteiger partial charge in [-0.25, -0.2) is 9.67 Å². The van der Waals surface area contributed by atoms with Crippen LogP contribution in [0.25, 0.3) is 5.69 Å². The molecular weight excluding hydrogens is 575 g/mol. The molecular formula is C30H29ClF3N3O5. The van der Waals surface area contributed by atoms with Gasteiger partial charge in [-0.15, -0.1) is 5.10 Å². The summed E-state index contributed by atoms with van der Waals surface area (Å²) in [5.74, 6) is 0.0974. The summed E-state index contributed by atoms with van der Waals surface area (Å²) in [5.41, 5.74) is 1.23. The molecule has 0 aliphatic heterocycles. The van der Waals surface area contributed by atoms with E-state index >= 15 is 0 Å². The molecule has 0 saturated carbocycles. The Morgan fingerprint density at radius 3 is 2.48 bits per heavy atom. The first kappa shape index (κ1) is 30.7. The molecule has 0 radical (unpaired) electrons. The zero-order chi connectivity index (χ0) is 30.3. The number of hydrogen-bond donors (Lipinski definition) is 1. The van der Waals surface area contributed by atoms with Crippen molar-refractivity contribution in [2.24, 2.45) is 0 Å². The number of alkyl halides is 3. The van der Waals surface area contributed by atoms with Crippen molar-refractivity contribution in [1.29, 1.82) is 0 Å². The molecule has 0 unspecified atom stereocenters. The lowest BCUT2D eigenvalue weighted by atomic mass is 10.1. The smallest absolute Gasteiger partial charge is 0.417 e. The average Bonchev–Trinajstić information content (AvgIpc) is 3.34. The number of hydrogen-bond acceptors (Lipinski definition) is 6. The average molecular weight is 604 g/mol. The number of carbonyl (C=O) groups is 1. The topological polar surface area (TPSA) is 95.7 Å². The molecule has 2 heterocycles. The third-order valence-electron chi connectivity index (χ3n) is 5.96. The van der Waals surface area contributed by atoms with Crippen LogP contribution >= 0.6 is 11.6 Å². The third kappa shape index (κ3) is 8.39. The minimum atomic E-state index is -4.59. The highest BCUT2D eigenvalue weighted by Gasteiger charge is 2.32. The van der Waals surface area contributed by atoms with Crippen molar-refractivity contribution in [3.63, 3.8) is 0 Å². The summed E-state index contributed by atoms with van der Waals surface area (Å²) in [6.45, 7) is 3.99. The number of rotatable bonds is 13. The fourth-order valence-electron chi connectivity index (χ4n) is 4.01. The molecule has 8 nitrogen and oxygen atoms in total. The maximum absolute atomic E-state index is 13.1. The Balaban J connectivity index is 1.48. The number of aliphatic carboxylic acids is 1. The molecule has 0 amide bonds. The van der Waals surface area contributed by atoms with Crippen molar-refractivity contribution < 1.29 is 37.3 Å². The van der Waals surface area contributed by atoms with E-state index in [1.54, 1.807) is 29.1 Å². The lowest BCUT2D eigenvalue weighted by Crippen LogP contribution is -2.07. The number of carboxylic acid groups (broad SMARTS) is 1. The summed E-state index contributed by atoms with van der Waals surface area (Å²) in [5, 5.41) is 13.4. The fraction of sp³-hybridized carbons (Fsp3) is 0.300. The zero-order valence-corrected chi connectivity index (χ0v) is 23.7. The minimum Gasteiger partial charge on any atom is -0.491 e. The maximum Gasteiger partial charge on any atom is 0.417 e. The van der Waals surface area contributed by atoms with Gasteiger partial charge in [-0.05, 0) is 62.9 Å². The predicted octanol–water partition coefficient (Wildman–Crippen LogP) is 7.55. The molecule has 0 saturated heterocycles. The van der Waals surface area contributed by atoms with Crippen LogP contribution in [0.15, 0.2) is 67.0 Å². The first-order valence-electron chi connectivity index (χ1n) is 13.2. The van der Waals surface area contributed by atoms with Crippen molar-refractivity contribution >= 4 is 17.6 Å². The molecule has 0 atom stereocenters. The maximum atomic E-state index is 13.1. The number of aromatic nitrogens is 3. The molecule has 12 heteroatoms. The number of carboxylic acids is 1. The number of para-hydroxylation sites is 1. The molecule has 4 aromatic rings. The highest BCUT2D eigenvalue weighted by molar-refractivity contribution is 6.31. The van der Waals surface area contributed by atoms with Crippen LogP contribution in [0.4, 0.5) is 13.2 Å². The van der Waals surface area contributed by atoms with E-state index in [0.717, 1.165) is 17.3 Å². The lowest BCUT2D eigenvalue weighted by molar-refractivity contribution is -0.138. The Bertz CT molecular complexity index is 1510. The molecule has 0 spiro atoms. The van der Waals surface area contributed by atoms with E-state index in [0.29, 0.717) is 42.0 Å². The van der Waals surface area contributed by atoms with Gasteiger partial charge in [0.15, 0.2) is 0 Å². The highest BCUT2D eigenvalue weighted by Crippen LogP contribution is 2.37. The summed E-state index contributed by atoms with van der Waals surface area (Å²) in [7, 11) is 0. The summed E-state index contributed by atoms with van der Waals surface area (Å²) < 4.78 is 58.4. The van der Waals surface area contributed by atoms with Gasteiger partial charge in [0.1, 0.15) is 16.5 Å². The summed E-state index contributed by atoms with van der Waals surface area (Å²) in [6, 6.07) is 15.4. The summed E-state index contributed by atoms with van der Waals surface area (Å²) in [6.07, 6.45) is -1.10. The van der Waals surface area contributed by atoms with Crippen LogP contribution in [-0.2, 0) is 23.8 Å². The van der Waals surface area contributed by atoms with E-state index in [2.05, 4.69) is 10.1 Å². The van der Waals surface area contributed by atoms with Gasteiger partial charge in [-0.3, -0.25) is 4.79 Å². The van der Waals surface area contributed by atoms with Crippen LogP contribution in [0.3, 0.4) is 0 Å². The molecule has 4 rings (SSSR count). The Kier molecular flexibility index (Phi) is 9.95. The Labute approximate surface area is 245 Å². The van der Waals surface area contributed by atoms with Gasteiger partial charge in [-0.1, -0.05) is 35.9 Å². The fourth-order valence-corrected chi connectivity index (χ4v) is 4.22. The van der Waals surface area contributed by atoms with Crippen LogP contribution in [0.1, 0.15) is 43.4 Å². The van der Waals surface area contributed by atoms with Gasteiger partial charge in [0.2, 0.25) is 11.8 Å². The Morgan fingerprint density at radius 2 is 1.81 bits per heavy atom. The minimum absolute atomic E-state index is 0.0666. The van der Waals surface area contributed by atoms with Crippen LogP contribution in [0, 0.1) is 0 Å². The molecule has 0 aliphatic carbocycles. The van der Waals surface area contributed by atoms with Crippen molar-refractivity contribution in [3.8, 4) is 28.9 Å². The van der Waals surface area contributed by atoms with Gasteiger partial charge in [0, 0.05) is 30.4 Å². The summed E-state index contributed by atoms with van der Waals surface area (Å²) >= 11 is 6.08. The van der Waals surface area contributed by atoms with Crippen molar-refractivity contribution in [3.05, 3.63) is 88.7 Å². The van der Waals surface area contributed by atoms with Crippen LogP contribution in [-0.4, -0.2) is 38.6 Å². The molecule has 2 aromatic carbocycles. The third-order valence-corrected chi connectivity index (χ3v) is 6.23. The number of pyridine rings is 1. The van der Waals surface area contributed by atoms with Crippen LogP contribution in [0.2, 0.25) is 5.02 Å². The molecule has 0 fully saturated rings. The van der Waals surface area contributed by atoms with Gasteiger partial charge in [0.25, 0.3) is 0 Å². The summed E-state index contributed by atoms with van der Waals surface area (Å²) in [4.78, 5) is 14.9. The second kappa shape index (κ2) is 13.6. The molecule has 222 valence electrons. The number of aryl methyl sites for hydroxylation is 2. The quantitative estimate of drug-likeness (QED) is 0.158. The van der Waals surface area contributed by atoms with Crippen LogP contribution < -0.4 is 14.2 Å². The lowest BCUT2D eigenvalue weighted by Gasteiger charge is -2.16. The van der Waals surface area contributed by atoms with E-state index in [4.69, 9.17) is 30.9 Å². The monoisotopic (exact) mass is 603 g/mol. The van der Waals surface area contributed by atoms with E-state index in [1.165, 1.54) is 0 Å². The van der Waals surface area contributed by atoms with E-state index in [1.807, 2.05) is 44.2 Å². The van der Waals surface area contributed by atoms with Gasteiger partial charge >= 0.3 is 12.1 Å². The van der Waals surface area contributed by atoms with E-state index in [-0.39, 0.29) is 36.5 Å². The van der Waals surface area contributed by atoms with Crippen LogP contribution in [0.5, 0.6) is 23.3 Å². The standard InChI is InChI=1S/C30H29ClF3N3O5/c1-19(2)41-24-12-10-20(26(16-24)42-29-25(31)15-22(17-35-29)30(32,33)34)7-6-14-40-28-21(11-13-27(38)39)18-37(36-28)23-8-4-3-5-9-23/h3-5,8-10,12,15-19H,6-7,11,13-14H2,1-2H3,(H,38,39). The number of ether oxygens (including phenoxy) is 3. The van der Waals surface area contributed by atoms with E-state index < -0.39 is 17.7 Å². The van der Waals surface area contributed by atoms with E-state index in [9.17, 15) is 18.0 Å². The van der Waals surface area contributed by atoms with Gasteiger partial charge < -0.3 is 19.3 Å². The normalized spacial score (nSPS) is 11.5. The molecule has 0 aliphatic rings. The Hall–Kier alpha value is -4.25. The molecule has 2 aromatic heterocycles. The second-order valence-corrected chi connectivity index (χ2v) is 10.0. The zero-order valence-electron chi connectivity index (χ0n) is 22.9. The number of halogens is 4. The molecule has 42 heavy (non-hydrogen) atoms. The highest BCUT2D eigenvalue weighted by atomic mass is 35.5. The predicted molar refractivity (Wildman–Crippen MR) is 150 cm³/mol. The largest absolute Gasteiger partial charge is 0.491 e. The molecule has 1 N–H and O–H groups in total. The van der Waals surface area contributed by atoms with Gasteiger partial charge in [0.05, 0.1) is 24.0 Å². The van der Waals surface area contributed by atoms with Crippen molar-refractivity contribution in [2.45, 2.75) is 51.8 Å².